The molecule has 1 aromatic carbocycles. The molecule has 0 aliphatic heterocycles. The van der Waals surface area contributed by atoms with Crippen LogP contribution in [-0.2, 0) is 6.54 Å². The Kier molecular flexibility index (Phi) is 4.37. The molecule has 0 fully saturated rings. The molecule has 0 unspecified atom stereocenters. The number of hydrogen-bond donors (Lipinski definition) is 2. The van der Waals surface area contributed by atoms with E-state index in [0.717, 1.165) is 5.69 Å². The number of furan rings is 1. The van der Waals surface area contributed by atoms with Gasteiger partial charge in [-0.25, -0.2) is 4.79 Å². The molecule has 118 valence electrons. The first-order chi connectivity index (χ1) is 11.2. The number of urea groups is 1. The molecule has 0 saturated carbocycles. The van der Waals surface area contributed by atoms with Crippen molar-refractivity contribution in [2.45, 2.75) is 19.5 Å². The van der Waals surface area contributed by atoms with Gasteiger partial charge in [-0.1, -0.05) is 18.2 Å². The highest BCUT2D eigenvalue weighted by atomic mass is 16.3. The summed E-state index contributed by atoms with van der Waals surface area (Å²) in [5, 5.41) is 13.5. The van der Waals surface area contributed by atoms with Gasteiger partial charge in [0.2, 0.25) is 0 Å². The van der Waals surface area contributed by atoms with Gasteiger partial charge in [0.1, 0.15) is 12.1 Å². The van der Waals surface area contributed by atoms with E-state index >= 15 is 0 Å². The van der Waals surface area contributed by atoms with E-state index < -0.39 is 0 Å². The molecule has 1 atom stereocenters. The molecule has 2 N–H and O–H groups in total. The molecule has 2 heterocycles. The molecule has 0 radical (unpaired) electrons. The molecular formula is C16H17N5O2. The van der Waals surface area contributed by atoms with Crippen molar-refractivity contribution in [2.24, 2.45) is 0 Å². The van der Waals surface area contributed by atoms with Gasteiger partial charge < -0.3 is 15.1 Å². The van der Waals surface area contributed by atoms with Gasteiger partial charge in [-0.3, -0.25) is 4.57 Å². The SMILES string of the molecule is C[C@H](NC(=O)NCc1nncn1-c1ccccc1)c1ccco1. The number of carbonyl (C=O) groups excluding carboxylic acids is 1. The van der Waals surface area contributed by atoms with E-state index in [-0.39, 0.29) is 18.6 Å². The van der Waals surface area contributed by atoms with Crippen molar-refractivity contribution in [3.8, 4) is 5.69 Å². The Morgan fingerprint density at radius 2 is 2.09 bits per heavy atom. The lowest BCUT2D eigenvalue weighted by molar-refractivity contribution is 0.235. The van der Waals surface area contributed by atoms with Crippen LogP contribution >= 0.6 is 0 Å². The van der Waals surface area contributed by atoms with Crippen LogP contribution in [0.5, 0.6) is 0 Å². The van der Waals surface area contributed by atoms with E-state index in [9.17, 15) is 4.79 Å². The Morgan fingerprint density at radius 1 is 1.26 bits per heavy atom. The minimum absolute atomic E-state index is 0.211. The Balaban J connectivity index is 1.59. The number of hydrogen-bond acceptors (Lipinski definition) is 4. The minimum Gasteiger partial charge on any atom is -0.467 e. The highest BCUT2D eigenvalue weighted by Gasteiger charge is 2.12. The zero-order chi connectivity index (χ0) is 16.1. The molecule has 3 rings (SSSR count). The van der Waals surface area contributed by atoms with Crippen molar-refractivity contribution in [3.63, 3.8) is 0 Å². The Morgan fingerprint density at radius 3 is 2.83 bits per heavy atom. The second-order valence-electron chi connectivity index (χ2n) is 5.02. The number of rotatable bonds is 5. The Bertz CT molecular complexity index is 752. The van der Waals surface area contributed by atoms with E-state index in [1.807, 2.05) is 47.9 Å². The fourth-order valence-corrected chi connectivity index (χ4v) is 2.20. The van der Waals surface area contributed by atoms with Crippen molar-refractivity contribution in [2.75, 3.05) is 0 Å². The van der Waals surface area contributed by atoms with Crippen molar-refractivity contribution in [1.82, 2.24) is 25.4 Å². The van der Waals surface area contributed by atoms with E-state index in [1.54, 1.807) is 18.7 Å². The van der Waals surface area contributed by atoms with E-state index in [2.05, 4.69) is 20.8 Å². The summed E-state index contributed by atoms with van der Waals surface area (Å²) in [4.78, 5) is 12.0. The molecule has 3 aromatic rings. The lowest BCUT2D eigenvalue weighted by Crippen LogP contribution is -2.37. The van der Waals surface area contributed by atoms with Crippen molar-refractivity contribution in [1.29, 1.82) is 0 Å². The monoisotopic (exact) mass is 311 g/mol. The summed E-state index contributed by atoms with van der Waals surface area (Å²) >= 11 is 0. The average Bonchev–Trinajstić information content (AvgIpc) is 3.25. The van der Waals surface area contributed by atoms with Crippen LogP contribution in [0.25, 0.3) is 5.69 Å². The minimum atomic E-state index is -0.295. The van der Waals surface area contributed by atoms with E-state index in [4.69, 9.17) is 4.42 Å². The molecule has 23 heavy (non-hydrogen) atoms. The van der Waals surface area contributed by atoms with Crippen LogP contribution in [0.1, 0.15) is 24.6 Å². The third kappa shape index (κ3) is 3.57. The fourth-order valence-electron chi connectivity index (χ4n) is 2.20. The summed E-state index contributed by atoms with van der Waals surface area (Å²) in [6.45, 7) is 2.12. The number of nitrogens with zero attached hydrogens (tertiary/aromatic N) is 3. The number of aromatic nitrogens is 3. The zero-order valence-electron chi connectivity index (χ0n) is 12.6. The largest absolute Gasteiger partial charge is 0.467 e. The maximum atomic E-state index is 12.0. The molecule has 2 aromatic heterocycles. The maximum Gasteiger partial charge on any atom is 0.315 e. The molecule has 0 aliphatic rings. The lowest BCUT2D eigenvalue weighted by Gasteiger charge is -2.12. The van der Waals surface area contributed by atoms with Crippen LogP contribution < -0.4 is 10.6 Å². The molecule has 0 saturated heterocycles. The van der Waals surface area contributed by atoms with Crippen LogP contribution in [0.4, 0.5) is 4.79 Å². The van der Waals surface area contributed by atoms with Gasteiger partial charge >= 0.3 is 6.03 Å². The first kappa shape index (κ1) is 14.8. The van der Waals surface area contributed by atoms with Crippen LogP contribution in [0.2, 0.25) is 0 Å². The van der Waals surface area contributed by atoms with Crippen molar-refractivity contribution >= 4 is 6.03 Å². The van der Waals surface area contributed by atoms with Gasteiger partial charge in [0, 0.05) is 5.69 Å². The van der Waals surface area contributed by atoms with Crippen LogP contribution in [0, 0.1) is 0 Å². The average molecular weight is 311 g/mol. The molecular weight excluding hydrogens is 294 g/mol. The van der Waals surface area contributed by atoms with Gasteiger partial charge in [-0.05, 0) is 31.2 Å². The van der Waals surface area contributed by atoms with Crippen LogP contribution in [-0.4, -0.2) is 20.8 Å². The number of carbonyl (C=O) groups is 1. The summed E-state index contributed by atoms with van der Waals surface area (Å²) in [6, 6.07) is 12.8. The smallest absolute Gasteiger partial charge is 0.315 e. The second kappa shape index (κ2) is 6.78. The molecule has 2 amide bonds. The highest BCUT2D eigenvalue weighted by Crippen LogP contribution is 2.12. The highest BCUT2D eigenvalue weighted by molar-refractivity contribution is 5.74. The number of benzene rings is 1. The normalized spacial score (nSPS) is 11.9. The summed E-state index contributed by atoms with van der Waals surface area (Å²) in [6.07, 6.45) is 3.20. The van der Waals surface area contributed by atoms with Gasteiger partial charge in [0.05, 0.1) is 18.8 Å². The molecule has 7 heteroatoms. The Hall–Kier alpha value is -3.09. The predicted octanol–water partition coefficient (Wildman–Crippen LogP) is 2.42. The summed E-state index contributed by atoms with van der Waals surface area (Å²) < 4.78 is 7.08. The van der Waals surface area contributed by atoms with Gasteiger partial charge in [0.25, 0.3) is 0 Å². The predicted molar refractivity (Wildman–Crippen MR) is 83.9 cm³/mol. The molecule has 7 nitrogen and oxygen atoms in total. The van der Waals surface area contributed by atoms with Crippen LogP contribution in [0.15, 0.2) is 59.5 Å². The molecule has 0 spiro atoms. The van der Waals surface area contributed by atoms with Crippen LogP contribution in [0.3, 0.4) is 0 Å². The van der Waals surface area contributed by atoms with Gasteiger partial charge in [0.15, 0.2) is 5.82 Å². The van der Waals surface area contributed by atoms with Gasteiger partial charge in [-0.15, -0.1) is 10.2 Å². The third-order valence-corrected chi connectivity index (χ3v) is 3.38. The summed E-state index contributed by atoms with van der Waals surface area (Å²) in [7, 11) is 0. The third-order valence-electron chi connectivity index (χ3n) is 3.38. The fraction of sp³-hybridized carbons (Fsp3) is 0.188. The van der Waals surface area contributed by atoms with E-state index in [0.29, 0.717) is 11.6 Å². The maximum absolute atomic E-state index is 12.0. The topological polar surface area (TPSA) is 85.0 Å². The number of amides is 2. The quantitative estimate of drug-likeness (QED) is 0.758. The van der Waals surface area contributed by atoms with Crippen molar-refractivity contribution < 1.29 is 9.21 Å². The molecule has 0 bridgehead atoms. The first-order valence-corrected chi connectivity index (χ1v) is 7.26. The number of nitrogens with one attached hydrogen (secondary N) is 2. The number of para-hydroxylation sites is 1. The van der Waals surface area contributed by atoms with E-state index in [1.165, 1.54) is 0 Å². The first-order valence-electron chi connectivity index (χ1n) is 7.26. The summed E-state index contributed by atoms with van der Waals surface area (Å²) in [5.74, 6) is 1.35. The standard InChI is InChI=1S/C16H17N5O2/c1-12(14-8-5-9-23-14)19-16(22)17-10-15-20-18-11-21(15)13-6-3-2-4-7-13/h2-9,11-12H,10H2,1H3,(H2,17,19,22)/t12-/m0/s1. The summed E-state index contributed by atoms with van der Waals surface area (Å²) in [5.41, 5.74) is 0.943. The van der Waals surface area contributed by atoms with Gasteiger partial charge in [-0.2, -0.15) is 0 Å². The second-order valence-corrected chi connectivity index (χ2v) is 5.02. The lowest BCUT2D eigenvalue weighted by atomic mass is 10.2. The van der Waals surface area contributed by atoms with Crippen molar-refractivity contribution in [3.05, 3.63) is 66.6 Å². The zero-order valence-corrected chi connectivity index (χ0v) is 12.6. The molecule has 0 aliphatic carbocycles. The Labute approximate surface area is 133 Å².